The molecule has 0 fully saturated rings. The Kier molecular flexibility index (Phi) is 3.67. The zero-order valence-corrected chi connectivity index (χ0v) is 10.4. The highest BCUT2D eigenvalue weighted by atomic mass is 35.5. The van der Waals surface area contributed by atoms with Gasteiger partial charge in [-0.25, -0.2) is 9.18 Å². The molecule has 94 valence electrons. The minimum atomic E-state index is -0.728. The Bertz CT molecular complexity index is 601. The lowest BCUT2D eigenvalue weighted by Crippen LogP contribution is -2.14. The fourth-order valence-corrected chi connectivity index (χ4v) is 1.96. The molecule has 0 spiro atoms. The molecule has 0 bridgehead atoms. The summed E-state index contributed by atoms with van der Waals surface area (Å²) in [6.07, 6.45) is -0.728. The van der Waals surface area contributed by atoms with Gasteiger partial charge in [-0.2, -0.15) is 0 Å². The van der Waals surface area contributed by atoms with Crippen LogP contribution in [-0.4, -0.2) is 12.7 Å². The van der Waals surface area contributed by atoms with Crippen LogP contribution in [0.4, 0.5) is 14.9 Å². The van der Waals surface area contributed by atoms with E-state index in [-0.39, 0.29) is 17.3 Å². The molecule has 2 rings (SSSR count). The molecule has 0 aliphatic rings. The molecule has 2 aromatic carbocycles. The Labute approximate surface area is 109 Å². The monoisotopic (exact) mass is 267 g/mol. The Morgan fingerprint density at radius 2 is 2.17 bits per heavy atom. The third-order valence-corrected chi connectivity index (χ3v) is 2.83. The minimum Gasteiger partial charge on any atom is -0.450 e. The van der Waals surface area contributed by atoms with Crippen LogP contribution in [-0.2, 0) is 4.74 Å². The molecule has 0 saturated heterocycles. The second-order valence-electron chi connectivity index (χ2n) is 3.61. The summed E-state index contributed by atoms with van der Waals surface area (Å²) in [5.74, 6) is -0.591. The van der Waals surface area contributed by atoms with Crippen LogP contribution in [0.5, 0.6) is 0 Å². The van der Waals surface area contributed by atoms with Gasteiger partial charge in [0.1, 0.15) is 5.82 Å². The molecule has 0 saturated carbocycles. The lowest BCUT2D eigenvalue weighted by molar-refractivity contribution is 0.168. The summed E-state index contributed by atoms with van der Waals surface area (Å²) in [5.41, 5.74) is -0.0613. The molecule has 0 radical (unpaired) electrons. The molecule has 2 aromatic rings. The number of halogens is 2. The molecule has 0 atom stereocenters. The molecule has 0 aliphatic heterocycles. The van der Waals surface area contributed by atoms with Crippen molar-refractivity contribution in [2.75, 3.05) is 11.9 Å². The highest BCUT2D eigenvalue weighted by molar-refractivity contribution is 6.38. The van der Waals surface area contributed by atoms with E-state index in [1.54, 1.807) is 31.2 Å². The average molecular weight is 268 g/mol. The molecule has 3 nitrogen and oxygen atoms in total. The van der Waals surface area contributed by atoms with Crippen LogP contribution in [0.3, 0.4) is 0 Å². The van der Waals surface area contributed by atoms with E-state index in [0.717, 1.165) is 0 Å². The zero-order valence-electron chi connectivity index (χ0n) is 9.67. The van der Waals surface area contributed by atoms with E-state index in [1.165, 1.54) is 6.07 Å². The maximum Gasteiger partial charge on any atom is 0.411 e. The number of fused-ring (bicyclic) bond motifs is 1. The highest BCUT2D eigenvalue weighted by Gasteiger charge is 2.14. The van der Waals surface area contributed by atoms with E-state index in [0.29, 0.717) is 10.8 Å². The molecule has 0 aliphatic carbocycles. The third kappa shape index (κ3) is 2.38. The van der Waals surface area contributed by atoms with Crippen molar-refractivity contribution in [1.29, 1.82) is 0 Å². The molecular formula is C13H11ClFNO2. The van der Waals surface area contributed by atoms with Gasteiger partial charge in [-0.15, -0.1) is 0 Å². The molecule has 1 N–H and O–H groups in total. The summed E-state index contributed by atoms with van der Waals surface area (Å²) in [6, 6.07) is 8.41. The second-order valence-corrected chi connectivity index (χ2v) is 3.99. The van der Waals surface area contributed by atoms with Crippen LogP contribution >= 0.6 is 11.6 Å². The summed E-state index contributed by atoms with van der Waals surface area (Å²) in [7, 11) is 0. The van der Waals surface area contributed by atoms with Crippen LogP contribution in [0.2, 0.25) is 5.02 Å². The van der Waals surface area contributed by atoms with E-state index >= 15 is 0 Å². The van der Waals surface area contributed by atoms with Crippen LogP contribution in [0, 0.1) is 5.82 Å². The van der Waals surface area contributed by atoms with Crippen molar-refractivity contribution in [3.8, 4) is 0 Å². The Hall–Kier alpha value is -1.81. The summed E-state index contributed by atoms with van der Waals surface area (Å²) in [6.45, 7) is 1.87. The van der Waals surface area contributed by atoms with Crippen LogP contribution < -0.4 is 5.32 Å². The van der Waals surface area contributed by atoms with Crippen molar-refractivity contribution in [2.24, 2.45) is 0 Å². The third-order valence-electron chi connectivity index (χ3n) is 2.44. The quantitative estimate of drug-likeness (QED) is 0.885. The van der Waals surface area contributed by atoms with E-state index in [4.69, 9.17) is 16.3 Å². The van der Waals surface area contributed by atoms with Gasteiger partial charge in [-0.05, 0) is 18.4 Å². The van der Waals surface area contributed by atoms with Gasteiger partial charge in [0.15, 0.2) is 0 Å². The van der Waals surface area contributed by atoms with E-state index in [1.807, 2.05) is 0 Å². The van der Waals surface area contributed by atoms with E-state index in [2.05, 4.69) is 5.32 Å². The summed E-state index contributed by atoms with van der Waals surface area (Å²) in [4.78, 5) is 11.3. The predicted molar refractivity (Wildman–Crippen MR) is 69.6 cm³/mol. The highest BCUT2D eigenvalue weighted by Crippen LogP contribution is 2.33. The Morgan fingerprint density at radius 3 is 2.89 bits per heavy atom. The Morgan fingerprint density at radius 1 is 1.44 bits per heavy atom. The largest absolute Gasteiger partial charge is 0.450 e. The number of benzene rings is 2. The van der Waals surface area contributed by atoms with Crippen LogP contribution in [0.15, 0.2) is 30.3 Å². The van der Waals surface area contributed by atoms with Crippen molar-refractivity contribution in [3.63, 3.8) is 0 Å². The molecule has 0 aromatic heterocycles. The number of rotatable bonds is 2. The molecule has 18 heavy (non-hydrogen) atoms. The van der Waals surface area contributed by atoms with Gasteiger partial charge in [0, 0.05) is 5.39 Å². The smallest absolute Gasteiger partial charge is 0.411 e. The van der Waals surface area contributed by atoms with E-state index < -0.39 is 11.9 Å². The maximum absolute atomic E-state index is 13.8. The van der Waals surface area contributed by atoms with Gasteiger partial charge < -0.3 is 4.74 Å². The lowest BCUT2D eigenvalue weighted by atomic mass is 10.1. The van der Waals surface area contributed by atoms with Gasteiger partial charge in [-0.3, -0.25) is 5.32 Å². The normalized spacial score (nSPS) is 10.4. The molecule has 0 unspecified atom stereocenters. The van der Waals surface area contributed by atoms with Crippen molar-refractivity contribution in [1.82, 2.24) is 0 Å². The van der Waals surface area contributed by atoms with Crippen molar-refractivity contribution >= 4 is 34.2 Å². The summed E-state index contributed by atoms with van der Waals surface area (Å²) >= 11 is 6.08. The Balaban J connectivity index is 2.47. The first-order valence-electron chi connectivity index (χ1n) is 5.44. The van der Waals surface area contributed by atoms with E-state index in [9.17, 15) is 9.18 Å². The van der Waals surface area contributed by atoms with Crippen molar-refractivity contribution in [2.45, 2.75) is 6.92 Å². The maximum atomic E-state index is 13.8. The lowest BCUT2D eigenvalue weighted by Gasteiger charge is -2.10. The van der Waals surface area contributed by atoms with Gasteiger partial charge in [0.05, 0.1) is 17.3 Å². The van der Waals surface area contributed by atoms with Gasteiger partial charge in [0.25, 0.3) is 0 Å². The minimum absolute atomic E-state index is 0.0613. The zero-order chi connectivity index (χ0) is 13.1. The first-order valence-corrected chi connectivity index (χ1v) is 5.81. The van der Waals surface area contributed by atoms with Crippen molar-refractivity contribution < 1.29 is 13.9 Å². The number of carbonyl (C=O) groups excluding carboxylic acids is 1. The standard InChI is InChI=1S/C13H11ClFNO2/c1-2-18-13(17)16-12-10(15)7-8-5-3-4-6-9(8)11(12)14/h3-7H,2H2,1H3,(H,16,17). The van der Waals surface area contributed by atoms with Gasteiger partial charge >= 0.3 is 6.09 Å². The average Bonchev–Trinajstić information content (AvgIpc) is 2.35. The summed E-state index contributed by atoms with van der Waals surface area (Å²) in [5, 5.41) is 3.82. The van der Waals surface area contributed by atoms with Gasteiger partial charge in [0.2, 0.25) is 0 Å². The van der Waals surface area contributed by atoms with Crippen LogP contribution in [0.1, 0.15) is 6.92 Å². The number of ether oxygens (including phenoxy) is 1. The number of hydrogen-bond donors (Lipinski definition) is 1. The molecular weight excluding hydrogens is 257 g/mol. The number of hydrogen-bond acceptors (Lipinski definition) is 2. The number of nitrogens with one attached hydrogen (secondary N) is 1. The second kappa shape index (κ2) is 5.23. The number of amides is 1. The fourth-order valence-electron chi connectivity index (χ4n) is 1.65. The summed E-state index contributed by atoms with van der Waals surface area (Å²) < 4.78 is 18.5. The topological polar surface area (TPSA) is 38.3 Å². The van der Waals surface area contributed by atoms with Gasteiger partial charge in [-0.1, -0.05) is 35.9 Å². The molecule has 0 heterocycles. The number of carbonyl (C=O) groups is 1. The fraction of sp³-hybridized carbons (Fsp3) is 0.154. The predicted octanol–water partition coefficient (Wildman–Crippen LogP) is 4.20. The first-order chi connectivity index (χ1) is 8.63. The SMILES string of the molecule is CCOC(=O)Nc1c(F)cc2ccccc2c1Cl. The first kappa shape index (κ1) is 12.6. The molecule has 5 heteroatoms. The number of anilines is 1. The van der Waals surface area contributed by atoms with Crippen LogP contribution in [0.25, 0.3) is 10.8 Å². The molecule has 1 amide bonds. The van der Waals surface area contributed by atoms with Crippen molar-refractivity contribution in [3.05, 3.63) is 41.2 Å².